The Morgan fingerprint density at radius 1 is 0.821 bits per heavy atom. The summed E-state index contributed by atoms with van der Waals surface area (Å²) in [7, 11) is -0.660. The van der Waals surface area contributed by atoms with E-state index in [1.54, 1.807) is 13.8 Å². The highest BCUT2D eigenvalue weighted by atomic mass is 32.2. The number of likely N-dealkylation sites (N-methyl/N-ethyl adjacent to an activating group) is 1. The van der Waals surface area contributed by atoms with Crippen LogP contribution in [-0.2, 0) is 70.0 Å². The first-order chi connectivity index (χ1) is 31.5. The lowest BCUT2D eigenvalue weighted by Crippen LogP contribution is -2.61. The molecule has 25 heteroatoms. The zero-order valence-corrected chi connectivity index (χ0v) is 39.0. The van der Waals surface area contributed by atoms with Gasteiger partial charge in [0.2, 0.25) is 65.0 Å². The fourth-order valence-electron chi connectivity index (χ4n) is 6.66. The maximum Gasteiger partial charge on any atom is 0.245 e. The minimum absolute atomic E-state index is 0.0578. The van der Waals surface area contributed by atoms with Gasteiger partial charge in [-0.15, -0.1) is 0 Å². The number of rotatable bonds is 19. The Bertz CT molecular complexity index is 1990. The van der Waals surface area contributed by atoms with Crippen molar-refractivity contribution in [3.8, 4) is 5.75 Å². The number of carbonyl (C=O) groups excluding carboxylic acids is 11. The molecule has 0 aliphatic carbocycles. The number of hydrogen-bond donors (Lipinski definition) is 11. The number of carbonyl (C=O) groups is 11. The molecule has 2 rings (SSSR count). The van der Waals surface area contributed by atoms with Gasteiger partial charge in [0.15, 0.2) is 0 Å². The lowest BCUT2D eigenvalue weighted by molar-refractivity contribution is -0.140. The average Bonchev–Trinajstić information content (AvgIpc) is 3.26. The van der Waals surface area contributed by atoms with Crippen LogP contribution in [0.3, 0.4) is 0 Å². The van der Waals surface area contributed by atoms with Gasteiger partial charge in [0.05, 0.1) is 19.5 Å². The molecule has 372 valence electrons. The molecule has 0 saturated carbocycles. The van der Waals surface area contributed by atoms with Crippen LogP contribution >= 0.6 is 0 Å². The number of nitrogens with zero attached hydrogens (tertiary/aromatic N) is 1. The molecule has 1 fully saturated rings. The number of nitrogens with one attached hydrogen (secondary N) is 7. The van der Waals surface area contributed by atoms with E-state index in [1.165, 1.54) is 31.3 Å². The predicted octanol–water partition coefficient (Wildman–Crippen LogP) is -4.18. The minimum Gasteiger partial charge on any atom is -0.508 e. The molecule has 11 amide bonds. The predicted molar refractivity (Wildman–Crippen MR) is 242 cm³/mol. The van der Waals surface area contributed by atoms with E-state index >= 15 is 0 Å². The van der Waals surface area contributed by atoms with E-state index in [1.807, 2.05) is 6.92 Å². The number of nitrogens with two attached hydrogens (primary N) is 3. The molecular weight excluding hydrogens is 899 g/mol. The third-order valence-electron chi connectivity index (χ3n) is 10.7. The zero-order valence-electron chi connectivity index (χ0n) is 38.2. The van der Waals surface area contributed by atoms with E-state index in [-0.39, 0.29) is 42.9 Å². The highest BCUT2D eigenvalue weighted by Crippen LogP contribution is 2.15. The van der Waals surface area contributed by atoms with Crippen molar-refractivity contribution in [2.75, 3.05) is 31.6 Å². The van der Waals surface area contributed by atoms with Gasteiger partial charge in [0.1, 0.15) is 42.0 Å². The van der Waals surface area contributed by atoms with Crippen molar-refractivity contribution in [2.24, 2.45) is 23.1 Å². The molecule has 8 atom stereocenters. The Hall–Kier alpha value is -6.66. The second-order valence-electron chi connectivity index (χ2n) is 16.2. The lowest BCUT2D eigenvalue weighted by atomic mass is 9.96. The number of hydrogen-bond acceptors (Lipinski definition) is 13. The first kappa shape index (κ1) is 56.5. The van der Waals surface area contributed by atoms with Crippen LogP contribution < -0.4 is 54.4 Å². The molecule has 1 saturated heterocycles. The molecule has 1 aliphatic heterocycles. The number of benzene rings is 1. The molecular formula is C42H65N11O13S. The van der Waals surface area contributed by atoms with Crippen LogP contribution in [0.1, 0.15) is 84.1 Å². The van der Waals surface area contributed by atoms with E-state index in [2.05, 4.69) is 37.2 Å². The largest absolute Gasteiger partial charge is 0.508 e. The van der Waals surface area contributed by atoms with Gasteiger partial charge in [-0.25, -0.2) is 0 Å². The molecule has 1 aromatic carbocycles. The second-order valence-corrected chi connectivity index (χ2v) is 17.9. The molecule has 0 bridgehead atoms. The molecule has 1 aromatic rings. The Balaban J connectivity index is 2.58. The molecule has 0 aromatic heterocycles. The smallest absolute Gasteiger partial charge is 0.245 e. The first-order valence-corrected chi connectivity index (χ1v) is 23.3. The van der Waals surface area contributed by atoms with Crippen LogP contribution in [0, 0.1) is 5.92 Å². The Kier molecular flexibility index (Phi) is 23.9. The van der Waals surface area contributed by atoms with Crippen LogP contribution in [0.2, 0.25) is 0 Å². The Morgan fingerprint density at radius 3 is 2.04 bits per heavy atom. The van der Waals surface area contributed by atoms with Crippen LogP contribution in [0.4, 0.5) is 0 Å². The summed E-state index contributed by atoms with van der Waals surface area (Å²) in [5, 5.41) is 27.1. The maximum atomic E-state index is 14.0. The highest BCUT2D eigenvalue weighted by molar-refractivity contribution is 7.85. The van der Waals surface area contributed by atoms with Crippen molar-refractivity contribution in [3.05, 3.63) is 29.8 Å². The fraction of sp³-hybridized carbons (Fsp3) is 0.595. The molecule has 14 N–H and O–H groups in total. The summed E-state index contributed by atoms with van der Waals surface area (Å²) in [6, 6.07) is -2.96. The molecule has 0 radical (unpaired) electrons. The Labute approximate surface area is 390 Å². The van der Waals surface area contributed by atoms with Crippen molar-refractivity contribution in [2.45, 2.75) is 121 Å². The standard InChI is InChI=1S/C42H65N11O13S/c1-5-7-8-26(37(60)46-21-33(45)57)47-35(59)22-53(4)42(65)28-15-17-67(66)18-16-34(58)48-29(19-24-9-11-25(54)12-10-24)40(63)52-36(23(3)6-2)41(64)49-27(13-14-31(43)55)38(61)51-30(20-32(44)56)39(62)50-28/h9-12,23,26-30,36,54H,5-8,13-22H2,1-4H3,(H2,43,55)(H2,44,56)(H2,45,57)(H,46,60)(H,47,59)(H,48,58)(H,49,64)(H,50,62)(H,51,61)(H,52,63)/t23-,26-,27-,28-,29+,30-,36-,67?/m0/s1. The molecule has 24 nitrogen and oxygen atoms in total. The van der Waals surface area contributed by atoms with Crippen molar-refractivity contribution in [1.82, 2.24) is 42.1 Å². The van der Waals surface area contributed by atoms with Crippen LogP contribution in [0.25, 0.3) is 0 Å². The fourth-order valence-corrected chi connectivity index (χ4v) is 7.78. The number of unbranched alkanes of at least 4 members (excludes halogenated alkanes) is 1. The number of amides is 11. The number of phenols is 1. The van der Waals surface area contributed by atoms with Crippen molar-refractivity contribution >= 4 is 75.8 Å². The Morgan fingerprint density at radius 2 is 1.45 bits per heavy atom. The normalized spacial score (nSPS) is 22.2. The summed E-state index contributed by atoms with van der Waals surface area (Å²) in [6.07, 6.45) is -0.905. The zero-order chi connectivity index (χ0) is 50.4. The minimum atomic E-state index is -1.86. The summed E-state index contributed by atoms with van der Waals surface area (Å²) < 4.78 is 13.4. The molecule has 67 heavy (non-hydrogen) atoms. The third kappa shape index (κ3) is 20.6. The summed E-state index contributed by atoms with van der Waals surface area (Å²) in [6.45, 7) is 4.06. The van der Waals surface area contributed by atoms with Gasteiger partial charge >= 0.3 is 0 Å². The SMILES string of the molecule is CCCC[C@H](NC(=O)CN(C)C(=O)[C@@H]1CCS(=O)CCC(=O)N[C@H](Cc2ccc(O)cc2)C(=O)N[C@@H]([C@@H](C)CC)C(=O)N[C@@H](CCC(N)=O)C(=O)N[C@@H](CC(N)=O)C(=O)N1)C(=O)NCC(N)=O. The lowest BCUT2D eigenvalue weighted by Gasteiger charge is -2.29. The molecule has 1 aliphatic rings. The van der Waals surface area contributed by atoms with Gasteiger partial charge in [-0.1, -0.05) is 52.2 Å². The van der Waals surface area contributed by atoms with E-state index in [4.69, 9.17) is 17.2 Å². The average molecular weight is 964 g/mol. The quantitative estimate of drug-likeness (QED) is 0.0628. The van der Waals surface area contributed by atoms with Crippen molar-refractivity contribution in [1.29, 1.82) is 0 Å². The molecule has 0 spiro atoms. The summed E-state index contributed by atoms with van der Waals surface area (Å²) in [5.41, 5.74) is 16.5. The van der Waals surface area contributed by atoms with E-state index in [0.29, 0.717) is 24.8 Å². The summed E-state index contributed by atoms with van der Waals surface area (Å²) in [4.78, 5) is 145. The monoisotopic (exact) mass is 963 g/mol. The van der Waals surface area contributed by atoms with Gasteiger partial charge in [-0.05, 0) is 42.9 Å². The van der Waals surface area contributed by atoms with E-state index < -0.39 is 150 Å². The second kappa shape index (κ2) is 28.4. The van der Waals surface area contributed by atoms with Crippen LogP contribution in [-0.4, -0.2) is 147 Å². The maximum absolute atomic E-state index is 14.0. The van der Waals surface area contributed by atoms with Gasteiger partial charge in [-0.2, -0.15) is 0 Å². The molecule has 1 heterocycles. The van der Waals surface area contributed by atoms with Crippen LogP contribution in [0.5, 0.6) is 5.75 Å². The van der Waals surface area contributed by atoms with Crippen LogP contribution in [0.15, 0.2) is 24.3 Å². The molecule has 1 unspecified atom stereocenters. The van der Waals surface area contributed by atoms with E-state index in [0.717, 1.165) is 4.90 Å². The highest BCUT2D eigenvalue weighted by Gasteiger charge is 2.36. The van der Waals surface area contributed by atoms with Crippen molar-refractivity contribution < 1.29 is 62.1 Å². The first-order valence-electron chi connectivity index (χ1n) is 21.9. The third-order valence-corrected chi connectivity index (χ3v) is 12.0. The van der Waals surface area contributed by atoms with Gasteiger partial charge in [0.25, 0.3) is 0 Å². The van der Waals surface area contributed by atoms with Crippen molar-refractivity contribution in [3.63, 3.8) is 0 Å². The van der Waals surface area contributed by atoms with Gasteiger partial charge in [0, 0.05) is 48.6 Å². The number of primary amides is 3. The number of aromatic hydroxyl groups is 1. The summed E-state index contributed by atoms with van der Waals surface area (Å²) in [5.74, 6) is -11.1. The van der Waals surface area contributed by atoms with Gasteiger partial charge < -0.3 is 64.4 Å². The van der Waals surface area contributed by atoms with Gasteiger partial charge in [-0.3, -0.25) is 56.9 Å². The topological polar surface area (TPSA) is 391 Å². The van der Waals surface area contributed by atoms with E-state index in [9.17, 15) is 62.1 Å². The number of phenolic OH excluding ortho intramolecular Hbond substituents is 1. The summed E-state index contributed by atoms with van der Waals surface area (Å²) >= 11 is 0.